The highest BCUT2D eigenvalue weighted by atomic mass is 16.3. The van der Waals surface area contributed by atoms with E-state index < -0.39 is 5.54 Å². The lowest BCUT2D eigenvalue weighted by molar-refractivity contribution is 0.187. The van der Waals surface area contributed by atoms with Crippen molar-refractivity contribution < 1.29 is 9.90 Å². The molecule has 0 aromatic carbocycles. The first-order valence-electron chi connectivity index (χ1n) is 4.61. The van der Waals surface area contributed by atoms with Gasteiger partial charge in [-0.05, 0) is 13.8 Å². The largest absolute Gasteiger partial charge is 0.394 e. The average Bonchev–Trinajstić information content (AvgIpc) is 2.50. The number of aryl methyl sites for hydroxylation is 1. The summed E-state index contributed by atoms with van der Waals surface area (Å²) in [5, 5.41) is 18.1. The van der Waals surface area contributed by atoms with Crippen LogP contribution in [-0.2, 0) is 7.05 Å². The molecule has 0 fully saturated rings. The number of carbonyl (C=O) groups is 1. The number of aliphatic hydroxyl groups is 1. The van der Waals surface area contributed by atoms with Gasteiger partial charge in [0.15, 0.2) is 0 Å². The molecule has 0 atom stereocenters. The summed E-state index contributed by atoms with van der Waals surface area (Å²) in [5.41, 5.74) is -0.0181. The van der Waals surface area contributed by atoms with Crippen molar-refractivity contribution in [1.82, 2.24) is 15.1 Å². The third kappa shape index (κ3) is 3.59. The Balaban J connectivity index is 2.50. The molecule has 0 aliphatic carbocycles. The van der Waals surface area contributed by atoms with Crippen LogP contribution < -0.4 is 10.6 Å². The number of carbonyl (C=O) groups excluding carboxylic acids is 1. The molecule has 6 heteroatoms. The Kier molecular flexibility index (Phi) is 3.31. The SMILES string of the molecule is Cn1cc(NC(=O)NC(C)(C)CO)cn1. The van der Waals surface area contributed by atoms with E-state index in [1.165, 1.54) is 0 Å². The molecule has 1 aromatic heterocycles. The highest BCUT2D eigenvalue weighted by Crippen LogP contribution is 2.05. The lowest BCUT2D eigenvalue weighted by atomic mass is 10.1. The Morgan fingerprint density at radius 3 is 2.80 bits per heavy atom. The van der Waals surface area contributed by atoms with Gasteiger partial charge < -0.3 is 15.7 Å². The smallest absolute Gasteiger partial charge is 0.319 e. The molecule has 0 bridgehead atoms. The van der Waals surface area contributed by atoms with Crippen LogP contribution in [0.3, 0.4) is 0 Å². The van der Waals surface area contributed by atoms with Gasteiger partial charge in [0, 0.05) is 13.2 Å². The molecule has 0 aliphatic rings. The molecule has 0 spiro atoms. The van der Waals surface area contributed by atoms with E-state index in [-0.39, 0.29) is 12.6 Å². The van der Waals surface area contributed by atoms with Crippen molar-refractivity contribution in [2.45, 2.75) is 19.4 Å². The number of aliphatic hydroxyl groups excluding tert-OH is 1. The summed E-state index contributed by atoms with van der Waals surface area (Å²) in [5.74, 6) is 0. The zero-order chi connectivity index (χ0) is 11.5. The maximum atomic E-state index is 11.4. The fraction of sp³-hybridized carbons (Fsp3) is 0.556. The van der Waals surface area contributed by atoms with Gasteiger partial charge >= 0.3 is 6.03 Å². The van der Waals surface area contributed by atoms with E-state index in [4.69, 9.17) is 5.11 Å². The van der Waals surface area contributed by atoms with Gasteiger partial charge in [-0.15, -0.1) is 0 Å². The minimum Gasteiger partial charge on any atom is -0.394 e. The van der Waals surface area contributed by atoms with Crippen molar-refractivity contribution in [2.24, 2.45) is 7.05 Å². The molecule has 84 valence electrons. The maximum absolute atomic E-state index is 11.4. The Morgan fingerprint density at radius 2 is 2.33 bits per heavy atom. The summed E-state index contributed by atoms with van der Waals surface area (Å²) in [6, 6.07) is -0.359. The Hall–Kier alpha value is -1.56. The van der Waals surface area contributed by atoms with Crippen LogP contribution in [0.25, 0.3) is 0 Å². The van der Waals surface area contributed by atoms with E-state index in [0.717, 1.165) is 0 Å². The fourth-order valence-electron chi connectivity index (χ4n) is 0.995. The molecule has 0 aliphatic heterocycles. The van der Waals surface area contributed by atoms with Gasteiger partial charge in [-0.1, -0.05) is 0 Å². The maximum Gasteiger partial charge on any atom is 0.319 e. The van der Waals surface area contributed by atoms with Gasteiger partial charge in [0.05, 0.1) is 24.0 Å². The quantitative estimate of drug-likeness (QED) is 0.674. The van der Waals surface area contributed by atoms with Gasteiger partial charge in [0.25, 0.3) is 0 Å². The number of anilines is 1. The third-order valence-corrected chi connectivity index (χ3v) is 1.81. The van der Waals surface area contributed by atoms with Crippen molar-refractivity contribution in [3.8, 4) is 0 Å². The predicted octanol–water partition coefficient (Wildman–Crippen LogP) is 0.312. The molecule has 6 nitrogen and oxygen atoms in total. The normalized spacial score (nSPS) is 11.2. The second-order valence-electron chi connectivity index (χ2n) is 4.02. The highest BCUT2D eigenvalue weighted by Gasteiger charge is 2.18. The number of amides is 2. The van der Waals surface area contributed by atoms with E-state index in [0.29, 0.717) is 5.69 Å². The van der Waals surface area contributed by atoms with Crippen LogP contribution in [0.5, 0.6) is 0 Å². The van der Waals surface area contributed by atoms with Crippen LogP contribution in [0.2, 0.25) is 0 Å². The number of hydrogen-bond acceptors (Lipinski definition) is 3. The van der Waals surface area contributed by atoms with Crippen molar-refractivity contribution in [3.63, 3.8) is 0 Å². The first kappa shape index (κ1) is 11.5. The molecule has 0 radical (unpaired) electrons. The van der Waals surface area contributed by atoms with Crippen LogP contribution in [0, 0.1) is 0 Å². The Labute approximate surface area is 88.3 Å². The van der Waals surface area contributed by atoms with Crippen molar-refractivity contribution in [1.29, 1.82) is 0 Å². The van der Waals surface area contributed by atoms with Crippen LogP contribution in [0.4, 0.5) is 10.5 Å². The van der Waals surface area contributed by atoms with Crippen LogP contribution in [0.15, 0.2) is 12.4 Å². The molecule has 15 heavy (non-hydrogen) atoms. The first-order valence-corrected chi connectivity index (χ1v) is 4.61. The first-order chi connectivity index (χ1) is 6.93. The second kappa shape index (κ2) is 4.31. The molecule has 1 heterocycles. The molecule has 2 amide bonds. The van der Waals surface area contributed by atoms with Gasteiger partial charge in [-0.2, -0.15) is 5.10 Å². The van der Waals surface area contributed by atoms with Crippen LogP contribution >= 0.6 is 0 Å². The minimum atomic E-state index is -0.633. The van der Waals surface area contributed by atoms with E-state index in [2.05, 4.69) is 15.7 Å². The fourth-order valence-corrected chi connectivity index (χ4v) is 0.995. The number of hydrogen-bond donors (Lipinski definition) is 3. The summed E-state index contributed by atoms with van der Waals surface area (Å²) in [6.45, 7) is 3.35. The van der Waals surface area contributed by atoms with E-state index in [1.54, 1.807) is 38.0 Å². The summed E-state index contributed by atoms with van der Waals surface area (Å²) >= 11 is 0. The molecule has 1 aromatic rings. The lowest BCUT2D eigenvalue weighted by Gasteiger charge is -2.23. The lowest BCUT2D eigenvalue weighted by Crippen LogP contribution is -2.48. The molecule has 1 rings (SSSR count). The zero-order valence-corrected chi connectivity index (χ0v) is 9.11. The highest BCUT2D eigenvalue weighted by molar-refractivity contribution is 5.89. The molecular formula is C9H16N4O2. The Morgan fingerprint density at radius 1 is 1.67 bits per heavy atom. The third-order valence-electron chi connectivity index (χ3n) is 1.81. The van der Waals surface area contributed by atoms with Crippen LogP contribution in [-0.4, -0.2) is 33.1 Å². The summed E-state index contributed by atoms with van der Waals surface area (Å²) in [7, 11) is 1.76. The number of nitrogens with one attached hydrogen (secondary N) is 2. The zero-order valence-electron chi connectivity index (χ0n) is 9.11. The van der Waals surface area contributed by atoms with Gasteiger partial charge in [0.1, 0.15) is 0 Å². The number of nitrogens with zero attached hydrogens (tertiary/aromatic N) is 2. The van der Waals surface area contributed by atoms with E-state index >= 15 is 0 Å². The monoisotopic (exact) mass is 212 g/mol. The summed E-state index contributed by atoms with van der Waals surface area (Å²) in [6.07, 6.45) is 3.23. The number of urea groups is 1. The molecular weight excluding hydrogens is 196 g/mol. The molecule has 0 saturated heterocycles. The van der Waals surface area contributed by atoms with E-state index in [1.807, 2.05) is 0 Å². The van der Waals surface area contributed by atoms with Crippen molar-refractivity contribution >= 4 is 11.7 Å². The average molecular weight is 212 g/mol. The van der Waals surface area contributed by atoms with Gasteiger partial charge in [0.2, 0.25) is 0 Å². The van der Waals surface area contributed by atoms with Crippen LogP contribution in [0.1, 0.15) is 13.8 Å². The summed E-state index contributed by atoms with van der Waals surface area (Å²) in [4.78, 5) is 11.4. The minimum absolute atomic E-state index is 0.118. The van der Waals surface area contributed by atoms with Gasteiger partial charge in [-0.3, -0.25) is 4.68 Å². The molecule has 0 saturated carbocycles. The second-order valence-corrected chi connectivity index (χ2v) is 4.02. The molecule has 0 unspecified atom stereocenters. The summed E-state index contributed by atoms with van der Waals surface area (Å²) < 4.78 is 1.59. The topological polar surface area (TPSA) is 79.2 Å². The number of rotatable bonds is 3. The van der Waals surface area contributed by atoms with Gasteiger partial charge in [-0.25, -0.2) is 4.79 Å². The Bertz CT molecular complexity index is 346. The van der Waals surface area contributed by atoms with E-state index in [9.17, 15) is 4.79 Å². The van der Waals surface area contributed by atoms with Crippen molar-refractivity contribution in [2.75, 3.05) is 11.9 Å². The number of aromatic nitrogens is 2. The van der Waals surface area contributed by atoms with Crippen molar-refractivity contribution in [3.05, 3.63) is 12.4 Å². The predicted molar refractivity (Wildman–Crippen MR) is 56.5 cm³/mol. The molecule has 3 N–H and O–H groups in total. The standard InChI is InChI=1S/C9H16N4O2/c1-9(2,6-14)12-8(15)11-7-4-10-13(3)5-7/h4-5,14H,6H2,1-3H3,(H2,11,12,15).